The summed E-state index contributed by atoms with van der Waals surface area (Å²) >= 11 is 0. The zero-order chi connectivity index (χ0) is 9.26. The molecule has 2 rings (SSSR count). The first-order valence-corrected chi connectivity index (χ1v) is 4.61. The maximum absolute atomic E-state index is 7.31. The number of nitrogen functional groups attached to an aromatic ring is 1. The quantitative estimate of drug-likeness (QED) is 0.386. The highest BCUT2D eigenvalue weighted by Gasteiger charge is 2.19. The summed E-state index contributed by atoms with van der Waals surface area (Å²) in [7, 11) is 0. The summed E-state index contributed by atoms with van der Waals surface area (Å²) in [5.74, 6) is 0.479. The maximum atomic E-state index is 7.31. The number of rotatable bonds is 1. The molecular weight excluding hydrogens is 166 g/mol. The van der Waals surface area contributed by atoms with Gasteiger partial charge in [0.1, 0.15) is 0 Å². The Morgan fingerprint density at radius 2 is 2.08 bits per heavy atom. The van der Waals surface area contributed by atoms with Gasteiger partial charge in [-0.3, -0.25) is 5.41 Å². The fraction of sp³-hybridized carbons (Fsp3) is 0.556. The Morgan fingerprint density at radius 3 is 2.85 bits per heavy atom. The van der Waals surface area contributed by atoms with Crippen LogP contribution >= 0.6 is 0 Å². The first kappa shape index (κ1) is 8.29. The largest absolute Gasteiger partial charge is 0.381 e. The van der Waals surface area contributed by atoms with Gasteiger partial charge in [0.25, 0.3) is 0 Å². The Hall–Kier alpha value is -1.32. The summed E-state index contributed by atoms with van der Waals surface area (Å²) in [4.78, 5) is 0. The highest BCUT2D eigenvalue weighted by molar-refractivity contribution is 5.93. The molecule has 1 aromatic heterocycles. The second-order valence-corrected chi connectivity index (χ2v) is 3.41. The van der Waals surface area contributed by atoms with Crippen molar-refractivity contribution >= 4 is 5.84 Å². The van der Waals surface area contributed by atoms with Gasteiger partial charge in [-0.2, -0.15) is 0 Å². The summed E-state index contributed by atoms with van der Waals surface area (Å²) in [6, 6.07) is 0. The van der Waals surface area contributed by atoms with E-state index in [1.165, 1.54) is 6.42 Å². The molecule has 1 aliphatic rings. The number of aryl methyl sites for hydroxylation is 1. The van der Waals surface area contributed by atoms with Gasteiger partial charge in [-0.1, -0.05) is 11.6 Å². The van der Waals surface area contributed by atoms with Crippen molar-refractivity contribution in [3.63, 3.8) is 0 Å². The lowest BCUT2D eigenvalue weighted by Crippen LogP contribution is -2.12. The van der Waals surface area contributed by atoms with E-state index >= 15 is 0 Å². The SMILES string of the molecule is N=C(N)c1onc2c1CCCCC2. The van der Waals surface area contributed by atoms with Crippen LogP contribution in [-0.2, 0) is 12.8 Å². The molecule has 0 saturated carbocycles. The minimum atomic E-state index is -0.00403. The molecule has 0 fully saturated rings. The van der Waals surface area contributed by atoms with Gasteiger partial charge in [-0.15, -0.1) is 0 Å². The molecule has 1 heterocycles. The number of nitrogens with one attached hydrogen (secondary N) is 1. The van der Waals surface area contributed by atoms with Crippen molar-refractivity contribution in [3.8, 4) is 0 Å². The van der Waals surface area contributed by atoms with Crippen molar-refractivity contribution in [1.29, 1.82) is 5.41 Å². The Labute approximate surface area is 76.6 Å². The van der Waals surface area contributed by atoms with Gasteiger partial charge in [0.15, 0.2) is 5.84 Å². The monoisotopic (exact) mass is 179 g/mol. The second-order valence-electron chi connectivity index (χ2n) is 3.41. The van der Waals surface area contributed by atoms with Gasteiger partial charge < -0.3 is 10.3 Å². The molecule has 4 nitrogen and oxygen atoms in total. The van der Waals surface area contributed by atoms with Crippen molar-refractivity contribution in [2.24, 2.45) is 5.73 Å². The minimum absolute atomic E-state index is 0.00403. The molecule has 13 heavy (non-hydrogen) atoms. The molecule has 0 spiro atoms. The second kappa shape index (κ2) is 3.20. The lowest BCUT2D eigenvalue weighted by molar-refractivity contribution is 0.402. The number of nitrogens with two attached hydrogens (primary N) is 1. The molecule has 0 aromatic carbocycles. The van der Waals surface area contributed by atoms with Gasteiger partial charge >= 0.3 is 0 Å². The van der Waals surface area contributed by atoms with Gasteiger partial charge in [0.05, 0.1) is 5.69 Å². The zero-order valence-electron chi connectivity index (χ0n) is 7.47. The van der Waals surface area contributed by atoms with Crippen molar-refractivity contribution < 1.29 is 4.52 Å². The number of amidine groups is 1. The van der Waals surface area contributed by atoms with Gasteiger partial charge in [-0.25, -0.2) is 0 Å². The molecule has 0 atom stereocenters. The third kappa shape index (κ3) is 1.43. The molecule has 0 aliphatic heterocycles. The van der Waals surface area contributed by atoms with Crippen molar-refractivity contribution in [2.75, 3.05) is 0 Å². The molecule has 70 valence electrons. The fourth-order valence-electron chi connectivity index (χ4n) is 1.78. The van der Waals surface area contributed by atoms with E-state index in [4.69, 9.17) is 15.7 Å². The maximum Gasteiger partial charge on any atom is 0.204 e. The lowest BCUT2D eigenvalue weighted by atomic mass is 10.1. The molecule has 0 bridgehead atoms. The normalized spacial score (nSPS) is 16.3. The predicted octanol–water partition coefficient (Wildman–Crippen LogP) is 1.23. The van der Waals surface area contributed by atoms with Crippen LogP contribution in [0, 0.1) is 5.41 Å². The lowest BCUT2D eigenvalue weighted by Gasteiger charge is -1.96. The molecule has 4 heteroatoms. The molecule has 0 radical (unpaired) electrons. The van der Waals surface area contributed by atoms with Crippen LogP contribution < -0.4 is 5.73 Å². The smallest absolute Gasteiger partial charge is 0.204 e. The first-order valence-electron chi connectivity index (χ1n) is 4.61. The van der Waals surface area contributed by atoms with Crippen molar-refractivity contribution in [1.82, 2.24) is 5.16 Å². The zero-order valence-corrected chi connectivity index (χ0v) is 7.47. The van der Waals surface area contributed by atoms with Crippen LogP contribution in [0.3, 0.4) is 0 Å². The van der Waals surface area contributed by atoms with E-state index in [0.717, 1.165) is 36.9 Å². The Kier molecular flexibility index (Phi) is 2.04. The molecule has 3 N–H and O–H groups in total. The van der Waals surface area contributed by atoms with Crippen molar-refractivity contribution in [3.05, 3.63) is 17.0 Å². The van der Waals surface area contributed by atoms with Crippen LogP contribution in [0.15, 0.2) is 4.52 Å². The van der Waals surface area contributed by atoms with E-state index in [1.54, 1.807) is 0 Å². The topological polar surface area (TPSA) is 75.9 Å². The van der Waals surface area contributed by atoms with Crippen LogP contribution in [-0.4, -0.2) is 11.0 Å². The Bertz CT molecular complexity index is 330. The number of fused-ring (bicyclic) bond motifs is 1. The number of aromatic nitrogens is 1. The van der Waals surface area contributed by atoms with E-state index in [9.17, 15) is 0 Å². The molecular formula is C9H13N3O. The third-order valence-electron chi connectivity index (χ3n) is 2.45. The molecule has 0 saturated heterocycles. The summed E-state index contributed by atoms with van der Waals surface area (Å²) < 4.78 is 5.04. The van der Waals surface area contributed by atoms with E-state index < -0.39 is 0 Å². The third-order valence-corrected chi connectivity index (χ3v) is 2.45. The molecule has 1 aliphatic carbocycles. The summed E-state index contributed by atoms with van der Waals surface area (Å²) in [5.41, 5.74) is 7.45. The Morgan fingerprint density at radius 1 is 1.31 bits per heavy atom. The molecule has 1 aromatic rings. The van der Waals surface area contributed by atoms with Gasteiger partial charge in [-0.05, 0) is 25.7 Å². The van der Waals surface area contributed by atoms with Crippen molar-refractivity contribution in [2.45, 2.75) is 32.1 Å². The average Bonchev–Trinajstić information content (AvgIpc) is 2.36. The first-order chi connectivity index (χ1) is 6.29. The number of nitrogens with zero attached hydrogens (tertiary/aromatic N) is 1. The highest BCUT2D eigenvalue weighted by Crippen LogP contribution is 2.22. The van der Waals surface area contributed by atoms with Crippen LogP contribution in [0.4, 0.5) is 0 Å². The molecule has 0 amide bonds. The van der Waals surface area contributed by atoms with Crippen LogP contribution in [0.1, 0.15) is 36.3 Å². The fourth-order valence-corrected chi connectivity index (χ4v) is 1.78. The summed E-state index contributed by atoms with van der Waals surface area (Å²) in [6.45, 7) is 0. The predicted molar refractivity (Wildman–Crippen MR) is 48.8 cm³/mol. The van der Waals surface area contributed by atoms with Gasteiger partial charge in [0.2, 0.25) is 5.76 Å². The van der Waals surface area contributed by atoms with Crippen LogP contribution in [0.5, 0.6) is 0 Å². The van der Waals surface area contributed by atoms with E-state index in [1.807, 2.05) is 0 Å². The van der Waals surface area contributed by atoms with Crippen LogP contribution in [0.2, 0.25) is 0 Å². The van der Waals surface area contributed by atoms with E-state index in [-0.39, 0.29) is 5.84 Å². The standard InChI is InChI=1S/C9H13N3O/c10-9(11)8-6-4-2-1-3-5-7(6)12-13-8/h1-5H2,(H3,10,11). The van der Waals surface area contributed by atoms with E-state index in [0.29, 0.717) is 5.76 Å². The number of hydrogen-bond donors (Lipinski definition) is 2. The summed E-state index contributed by atoms with van der Waals surface area (Å²) in [6.07, 6.45) is 5.46. The van der Waals surface area contributed by atoms with Crippen LogP contribution in [0.25, 0.3) is 0 Å². The summed E-state index contributed by atoms with van der Waals surface area (Å²) in [5, 5.41) is 11.2. The Balaban J connectivity index is 2.39. The molecule has 0 unspecified atom stereocenters. The number of hydrogen-bond acceptors (Lipinski definition) is 3. The highest BCUT2D eigenvalue weighted by atomic mass is 16.5. The average molecular weight is 179 g/mol. The minimum Gasteiger partial charge on any atom is -0.381 e. The van der Waals surface area contributed by atoms with E-state index in [2.05, 4.69) is 5.16 Å². The van der Waals surface area contributed by atoms with Gasteiger partial charge in [0, 0.05) is 5.56 Å².